The van der Waals surface area contributed by atoms with Gasteiger partial charge in [-0.25, -0.2) is 19.9 Å². The first-order chi connectivity index (χ1) is 15.4. The van der Waals surface area contributed by atoms with E-state index < -0.39 is 11.5 Å². The number of methoxy groups -OCH3 is 1. The van der Waals surface area contributed by atoms with Crippen molar-refractivity contribution in [2.45, 2.75) is 23.6 Å². The first-order valence-corrected chi connectivity index (χ1v) is 10.7. The fraction of sp³-hybridized carbons (Fsp3) is 0.333. The van der Waals surface area contributed by atoms with E-state index in [2.05, 4.69) is 30.2 Å². The fourth-order valence-electron chi connectivity index (χ4n) is 4.43. The van der Waals surface area contributed by atoms with Crippen molar-refractivity contribution >= 4 is 39.5 Å². The summed E-state index contributed by atoms with van der Waals surface area (Å²) in [6.45, 7) is 2.40. The Balaban J connectivity index is 1.53. The SMILES string of the molecule is COC[C@]12C[C@H]1[C@](C)(c1cc(Nc3ncnc4cc(C#N)cnc34)cnc1F)N=C(N)S2. The van der Waals surface area contributed by atoms with Crippen LogP contribution in [0.5, 0.6) is 0 Å². The number of anilines is 2. The molecule has 4 heterocycles. The predicted molar refractivity (Wildman–Crippen MR) is 119 cm³/mol. The first kappa shape index (κ1) is 20.5. The maximum absolute atomic E-state index is 14.9. The van der Waals surface area contributed by atoms with Crippen molar-refractivity contribution in [3.05, 3.63) is 47.9 Å². The molecule has 11 heteroatoms. The maximum atomic E-state index is 14.9. The average molecular weight is 451 g/mol. The second kappa shape index (κ2) is 7.36. The van der Waals surface area contributed by atoms with Crippen molar-refractivity contribution in [2.75, 3.05) is 19.0 Å². The molecule has 0 bridgehead atoms. The zero-order valence-corrected chi connectivity index (χ0v) is 18.1. The summed E-state index contributed by atoms with van der Waals surface area (Å²) < 4.78 is 20.1. The number of pyridine rings is 2. The first-order valence-electron chi connectivity index (χ1n) is 9.86. The van der Waals surface area contributed by atoms with Gasteiger partial charge in [-0.1, -0.05) is 11.8 Å². The van der Waals surface area contributed by atoms with Crippen LogP contribution in [0.1, 0.15) is 24.5 Å². The lowest BCUT2D eigenvalue weighted by Gasteiger charge is -2.33. The highest BCUT2D eigenvalue weighted by atomic mass is 32.2. The lowest BCUT2D eigenvalue weighted by Crippen LogP contribution is -2.37. The van der Waals surface area contributed by atoms with Gasteiger partial charge in [-0.3, -0.25) is 4.99 Å². The number of ether oxygens (including phenoxy) is 1. The van der Waals surface area contributed by atoms with Gasteiger partial charge in [0.15, 0.2) is 11.0 Å². The lowest BCUT2D eigenvalue weighted by molar-refractivity contribution is 0.184. The standard InChI is InChI=1S/C21H19FN8OS/c1-20(15-5-21(15,9-31-2)32-19(24)30-20)13-4-12(8-26-17(13)22)29-18-16-14(27-10-28-18)3-11(6-23)7-25-16/h3-4,7-8,10,15H,5,9H2,1-2H3,(H2,24,30)(H,27,28,29)/t15-,20-,21+/m0/s1. The largest absolute Gasteiger partial charge is 0.383 e. The topological polar surface area (TPSA) is 135 Å². The van der Waals surface area contributed by atoms with E-state index in [9.17, 15) is 4.39 Å². The molecule has 2 aliphatic rings. The van der Waals surface area contributed by atoms with Gasteiger partial charge in [0.1, 0.15) is 17.9 Å². The second-order valence-electron chi connectivity index (χ2n) is 8.07. The molecule has 3 N–H and O–H groups in total. The Morgan fingerprint density at radius 2 is 2.16 bits per heavy atom. The fourth-order valence-corrected chi connectivity index (χ4v) is 5.88. The van der Waals surface area contributed by atoms with Crippen molar-refractivity contribution in [3.8, 4) is 6.07 Å². The number of fused-ring (bicyclic) bond motifs is 2. The quantitative estimate of drug-likeness (QED) is 0.562. The highest BCUT2D eigenvalue weighted by Gasteiger charge is 2.66. The van der Waals surface area contributed by atoms with Crippen LogP contribution in [0, 0.1) is 23.2 Å². The van der Waals surface area contributed by atoms with Crippen LogP contribution in [0.3, 0.4) is 0 Å². The van der Waals surface area contributed by atoms with Crippen LogP contribution in [0.15, 0.2) is 35.8 Å². The van der Waals surface area contributed by atoms with E-state index in [0.717, 1.165) is 6.42 Å². The molecule has 0 amide bonds. The normalized spacial score (nSPS) is 26.2. The van der Waals surface area contributed by atoms with Gasteiger partial charge in [0.25, 0.3) is 0 Å². The van der Waals surface area contributed by atoms with E-state index >= 15 is 0 Å². The van der Waals surface area contributed by atoms with Gasteiger partial charge in [-0.15, -0.1) is 0 Å². The van der Waals surface area contributed by atoms with E-state index in [0.29, 0.717) is 45.4 Å². The van der Waals surface area contributed by atoms with Gasteiger partial charge in [0.2, 0.25) is 5.95 Å². The Kier molecular flexibility index (Phi) is 4.72. The van der Waals surface area contributed by atoms with Gasteiger partial charge in [0, 0.05) is 24.8 Å². The Labute approximate surface area is 187 Å². The van der Waals surface area contributed by atoms with Gasteiger partial charge < -0.3 is 15.8 Å². The number of amidine groups is 1. The van der Waals surface area contributed by atoms with E-state index in [-0.39, 0.29) is 10.7 Å². The van der Waals surface area contributed by atoms with E-state index in [1.54, 1.807) is 19.2 Å². The summed E-state index contributed by atoms with van der Waals surface area (Å²) >= 11 is 1.50. The summed E-state index contributed by atoms with van der Waals surface area (Å²) in [5.41, 5.74) is 7.55. The van der Waals surface area contributed by atoms with Crippen molar-refractivity contribution < 1.29 is 9.13 Å². The number of nitrogens with zero attached hydrogens (tertiary/aromatic N) is 6. The highest BCUT2D eigenvalue weighted by molar-refractivity contribution is 8.15. The summed E-state index contributed by atoms with van der Waals surface area (Å²) in [7, 11) is 1.65. The number of nitrogens with two attached hydrogens (primary N) is 1. The van der Waals surface area contributed by atoms with Crippen LogP contribution >= 0.6 is 11.8 Å². The third-order valence-corrected chi connectivity index (χ3v) is 7.27. The Morgan fingerprint density at radius 3 is 2.94 bits per heavy atom. The molecule has 1 saturated carbocycles. The summed E-state index contributed by atoms with van der Waals surface area (Å²) in [4.78, 5) is 21.3. The molecule has 0 saturated heterocycles. The summed E-state index contributed by atoms with van der Waals surface area (Å²) in [5, 5.41) is 12.6. The Morgan fingerprint density at radius 1 is 1.31 bits per heavy atom. The lowest BCUT2D eigenvalue weighted by atomic mass is 9.86. The van der Waals surface area contributed by atoms with Crippen molar-refractivity contribution in [3.63, 3.8) is 0 Å². The van der Waals surface area contributed by atoms with Gasteiger partial charge in [0.05, 0.1) is 39.9 Å². The third kappa shape index (κ3) is 3.23. The molecule has 3 aromatic rings. The predicted octanol–water partition coefficient (Wildman–Crippen LogP) is 2.86. The monoisotopic (exact) mass is 450 g/mol. The van der Waals surface area contributed by atoms with E-state index in [1.807, 2.05) is 13.0 Å². The van der Waals surface area contributed by atoms with Gasteiger partial charge >= 0.3 is 0 Å². The van der Waals surface area contributed by atoms with E-state index in [1.165, 1.54) is 30.5 Å². The molecule has 32 heavy (non-hydrogen) atoms. The zero-order valence-electron chi connectivity index (χ0n) is 17.3. The summed E-state index contributed by atoms with van der Waals surface area (Å²) in [5.74, 6) is -0.0971. The number of hydrogen-bond acceptors (Lipinski definition) is 10. The molecule has 0 spiro atoms. The Hall–Kier alpha value is -3.36. The molecule has 162 valence electrons. The number of halogens is 1. The molecule has 0 radical (unpaired) electrons. The minimum absolute atomic E-state index is 0.0738. The molecule has 0 aromatic carbocycles. The van der Waals surface area contributed by atoms with Crippen LogP contribution in [0.25, 0.3) is 11.0 Å². The minimum atomic E-state index is -0.865. The number of nitrogens with one attached hydrogen (secondary N) is 1. The van der Waals surface area contributed by atoms with Crippen LogP contribution < -0.4 is 11.1 Å². The number of nitriles is 1. The molecule has 3 aromatic heterocycles. The van der Waals surface area contributed by atoms with Crippen molar-refractivity contribution in [1.29, 1.82) is 5.26 Å². The van der Waals surface area contributed by atoms with Crippen LogP contribution in [-0.2, 0) is 10.3 Å². The number of hydrogen-bond donors (Lipinski definition) is 2. The zero-order chi connectivity index (χ0) is 22.5. The molecular formula is C21H19FN8OS. The molecule has 5 rings (SSSR count). The van der Waals surface area contributed by atoms with E-state index in [4.69, 9.17) is 15.7 Å². The molecule has 1 fully saturated rings. The average Bonchev–Trinajstić information content (AvgIpc) is 3.49. The molecule has 0 unspecified atom stereocenters. The number of aromatic nitrogens is 4. The Bertz CT molecular complexity index is 1310. The summed E-state index contributed by atoms with van der Waals surface area (Å²) in [6, 6.07) is 5.35. The van der Waals surface area contributed by atoms with Crippen molar-refractivity contribution in [1.82, 2.24) is 19.9 Å². The minimum Gasteiger partial charge on any atom is -0.383 e. The molecule has 3 atom stereocenters. The third-order valence-electron chi connectivity index (χ3n) is 5.99. The number of thioether (sulfide) groups is 1. The van der Waals surface area contributed by atoms with Crippen molar-refractivity contribution in [2.24, 2.45) is 16.6 Å². The maximum Gasteiger partial charge on any atom is 0.218 e. The highest BCUT2D eigenvalue weighted by Crippen LogP contribution is 2.65. The molecule has 1 aliphatic carbocycles. The molecule has 1 aliphatic heterocycles. The smallest absolute Gasteiger partial charge is 0.218 e. The van der Waals surface area contributed by atoms with Crippen LogP contribution in [0.4, 0.5) is 15.9 Å². The van der Waals surface area contributed by atoms with Gasteiger partial charge in [-0.05, 0) is 25.5 Å². The van der Waals surface area contributed by atoms with Gasteiger partial charge in [-0.2, -0.15) is 9.65 Å². The number of aliphatic imine (C=N–C) groups is 1. The second-order valence-corrected chi connectivity index (χ2v) is 9.50. The summed E-state index contributed by atoms with van der Waals surface area (Å²) in [6.07, 6.45) is 5.04. The molecular weight excluding hydrogens is 431 g/mol. The van der Waals surface area contributed by atoms with Crippen LogP contribution in [0.2, 0.25) is 0 Å². The van der Waals surface area contributed by atoms with Crippen LogP contribution in [-0.4, -0.2) is 43.6 Å². The number of rotatable bonds is 5. The molecule has 9 nitrogen and oxygen atoms in total.